The summed E-state index contributed by atoms with van der Waals surface area (Å²) in [5.74, 6) is 0.928. The van der Waals surface area contributed by atoms with Crippen LogP contribution in [0.5, 0.6) is 0 Å². The first-order chi connectivity index (χ1) is 9.34. The van der Waals surface area contributed by atoms with E-state index in [1.807, 2.05) is 18.5 Å². The zero-order valence-corrected chi connectivity index (χ0v) is 12.1. The van der Waals surface area contributed by atoms with E-state index in [1.54, 1.807) is 0 Å². The minimum absolute atomic E-state index is 0.928. The summed E-state index contributed by atoms with van der Waals surface area (Å²) in [4.78, 5) is 6.51. The van der Waals surface area contributed by atoms with Gasteiger partial charge in [-0.1, -0.05) is 25.3 Å². The third-order valence-electron chi connectivity index (χ3n) is 4.00. The Labute approximate surface area is 117 Å². The summed E-state index contributed by atoms with van der Waals surface area (Å²) in [7, 11) is 2.18. The summed E-state index contributed by atoms with van der Waals surface area (Å²) in [6.45, 7) is 4.38. The highest BCUT2D eigenvalue weighted by molar-refractivity contribution is 5.07. The molecule has 3 nitrogen and oxygen atoms in total. The number of hydrogen-bond donors (Lipinski definition) is 1. The van der Waals surface area contributed by atoms with Crippen LogP contribution in [-0.4, -0.2) is 36.6 Å². The fourth-order valence-electron chi connectivity index (χ4n) is 2.85. The van der Waals surface area contributed by atoms with E-state index in [2.05, 4.69) is 28.3 Å². The molecule has 0 bridgehead atoms. The van der Waals surface area contributed by atoms with E-state index in [0.717, 1.165) is 25.6 Å². The van der Waals surface area contributed by atoms with Gasteiger partial charge in [-0.3, -0.25) is 4.98 Å². The Hall–Kier alpha value is -0.930. The molecule has 1 N–H and O–H groups in total. The SMILES string of the molecule is CN(CCNCC1CCCCC1)Cc1cccnc1. The van der Waals surface area contributed by atoms with Crippen LogP contribution in [0.3, 0.4) is 0 Å². The van der Waals surface area contributed by atoms with E-state index in [-0.39, 0.29) is 0 Å². The lowest BCUT2D eigenvalue weighted by molar-refractivity contribution is 0.304. The lowest BCUT2D eigenvalue weighted by Crippen LogP contribution is -2.32. The first-order valence-electron chi connectivity index (χ1n) is 7.63. The number of aromatic nitrogens is 1. The average molecular weight is 261 g/mol. The quantitative estimate of drug-likeness (QED) is 0.765. The molecule has 0 aliphatic heterocycles. The van der Waals surface area contributed by atoms with Crippen molar-refractivity contribution in [3.63, 3.8) is 0 Å². The van der Waals surface area contributed by atoms with Crippen LogP contribution in [0.25, 0.3) is 0 Å². The van der Waals surface area contributed by atoms with Crippen LogP contribution in [0.4, 0.5) is 0 Å². The topological polar surface area (TPSA) is 28.2 Å². The molecule has 0 radical (unpaired) electrons. The highest BCUT2D eigenvalue weighted by Crippen LogP contribution is 2.22. The first kappa shape index (κ1) is 14.5. The summed E-state index contributed by atoms with van der Waals surface area (Å²) in [6.07, 6.45) is 11.0. The Kier molecular flexibility index (Phi) is 6.31. The van der Waals surface area contributed by atoms with E-state index >= 15 is 0 Å². The molecule has 1 saturated carbocycles. The highest BCUT2D eigenvalue weighted by atomic mass is 15.1. The van der Waals surface area contributed by atoms with Gasteiger partial charge < -0.3 is 10.2 Å². The highest BCUT2D eigenvalue weighted by Gasteiger charge is 2.12. The molecule has 2 rings (SSSR count). The molecule has 0 amide bonds. The van der Waals surface area contributed by atoms with Crippen LogP contribution in [0.2, 0.25) is 0 Å². The molecule has 0 aromatic carbocycles. The third-order valence-corrected chi connectivity index (χ3v) is 4.00. The van der Waals surface area contributed by atoms with Gasteiger partial charge in [-0.25, -0.2) is 0 Å². The Morgan fingerprint density at radius 3 is 2.89 bits per heavy atom. The Morgan fingerprint density at radius 2 is 2.16 bits per heavy atom. The van der Waals surface area contributed by atoms with Crippen LogP contribution in [0.1, 0.15) is 37.7 Å². The minimum Gasteiger partial charge on any atom is -0.315 e. The van der Waals surface area contributed by atoms with Crippen molar-refractivity contribution in [3.05, 3.63) is 30.1 Å². The Morgan fingerprint density at radius 1 is 1.32 bits per heavy atom. The summed E-state index contributed by atoms with van der Waals surface area (Å²) in [5, 5.41) is 3.61. The van der Waals surface area contributed by atoms with Gasteiger partial charge in [0.1, 0.15) is 0 Å². The Balaban J connectivity index is 1.55. The molecule has 0 unspecified atom stereocenters. The fourth-order valence-corrected chi connectivity index (χ4v) is 2.85. The maximum atomic E-state index is 4.15. The van der Waals surface area contributed by atoms with Gasteiger partial charge in [-0.2, -0.15) is 0 Å². The zero-order chi connectivity index (χ0) is 13.3. The van der Waals surface area contributed by atoms with E-state index in [9.17, 15) is 0 Å². The van der Waals surface area contributed by atoms with Crippen molar-refractivity contribution in [1.82, 2.24) is 15.2 Å². The van der Waals surface area contributed by atoms with Gasteiger partial charge in [0.2, 0.25) is 0 Å². The van der Waals surface area contributed by atoms with Crippen LogP contribution in [-0.2, 0) is 6.54 Å². The largest absolute Gasteiger partial charge is 0.315 e. The van der Waals surface area contributed by atoms with Gasteiger partial charge in [0.15, 0.2) is 0 Å². The van der Waals surface area contributed by atoms with Gasteiger partial charge in [0.25, 0.3) is 0 Å². The zero-order valence-electron chi connectivity index (χ0n) is 12.1. The molecule has 1 aliphatic carbocycles. The predicted octanol–water partition coefficient (Wildman–Crippen LogP) is 2.68. The van der Waals surface area contributed by atoms with Crippen LogP contribution in [0.15, 0.2) is 24.5 Å². The van der Waals surface area contributed by atoms with E-state index < -0.39 is 0 Å². The maximum absolute atomic E-state index is 4.15. The average Bonchev–Trinajstić information content (AvgIpc) is 2.46. The van der Waals surface area contributed by atoms with Crippen molar-refractivity contribution in [3.8, 4) is 0 Å². The van der Waals surface area contributed by atoms with Gasteiger partial charge >= 0.3 is 0 Å². The number of nitrogens with one attached hydrogen (secondary N) is 1. The molecular formula is C16H27N3. The second-order valence-corrected chi connectivity index (χ2v) is 5.81. The molecule has 1 fully saturated rings. The van der Waals surface area contributed by atoms with Crippen LogP contribution in [0, 0.1) is 5.92 Å². The molecule has 0 atom stereocenters. The van der Waals surface area contributed by atoms with Crippen molar-refractivity contribution in [2.24, 2.45) is 5.92 Å². The van der Waals surface area contributed by atoms with Gasteiger partial charge in [-0.05, 0) is 44.0 Å². The van der Waals surface area contributed by atoms with E-state index in [1.165, 1.54) is 44.2 Å². The third kappa shape index (κ3) is 5.70. The minimum atomic E-state index is 0.928. The number of rotatable bonds is 7. The van der Waals surface area contributed by atoms with Crippen molar-refractivity contribution < 1.29 is 0 Å². The van der Waals surface area contributed by atoms with Crippen molar-refractivity contribution in [1.29, 1.82) is 0 Å². The molecule has 0 saturated heterocycles. The number of nitrogens with zero attached hydrogens (tertiary/aromatic N) is 2. The van der Waals surface area contributed by atoms with Crippen molar-refractivity contribution in [2.45, 2.75) is 38.6 Å². The molecular weight excluding hydrogens is 234 g/mol. The maximum Gasteiger partial charge on any atom is 0.0312 e. The fraction of sp³-hybridized carbons (Fsp3) is 0.688. The lowest BCUT2D eigenvalue weighted by Gasteiger charge is -2.23. The Bertz CT molecular complexity index is 333. The molecule has 3 heteroatoms. The first-order valence-corrected chi connectivity index (χ1v) is 7.63. The van der Waals surface area contributed by atoms with Crippen molar-refractivity contribution >= 4 is 0 Å². The molecule has 1 aromatic heterocycles. The molecule has 0 spiro atoms. The van der Waals surface area contributed by atoms with Gasteiger partial charge in [0, 0.05) is 32.0 Å². The molecule has 1 aliphatic rings. The number of hydrogen-bond acceptors (Lipinski definition) is 3. The number of likely N-dealkylation sites (N-methyl/N-ethyl adjacent to an activating group) is 1. The summed E-state index contributed by atoms with van der Waals surface area (Å²) < 4.78 is 0. The molecule has 19 heavy (non-hydrogen) atoms. The van der Waals surface area contributed by atoms with E-state index in [0.29, 0.717) is 0 Å². The second kappa shape index (κ2) is 8.28. The van der Waals surface area contributed by atoms with Gasteiger partial charge in [0.05, 0.1) is 0 Å². The predicted molar refractivity (Wildman–Crippen MR) is 80.0 cm³/mol. The monoisotopic (exact) mass is 261 g/mol. The van der Waals surface area contributed by atoms with Gasteiger partial charge in [-0.15, -0.1) is 0 Å². The van der Waals surface area contributed by atoms with Crippen molar-refractivity contribution in [2.75, 3.05) is 26.7 Å². The summed E-state index contributed by atoms with van der Waals surface area (Å²) in [6, 6.07) is 4.14. The normalized spacial score (nSPS) is 16.9. The van der Waals surface area contributed by atoms with Crippen LogP contribution < -0.4 is 5.32 Å². The molecule has 1 aromatic rings. The van der Waals surface area contributed by atoms with E-state index in [4.69, 9.17) is 0 Å². The molecule has 106 valence electrons. The number of pyridine rings is 1. The smallest absolute Gasteiger partial charge is 0.0312 e. The van der Waals surface area contributed by atoms with Crippen LogP contribution >= 0.6 is 0 Å². The molecule has 1 heterocycles. The summed E-state index contributed by atoms with van der Waals surface area (Å²) >= 11 is 0. The second-order valence-electron chi connectivity index (χ2n) is 5.81. The lowest BCUT2D eigenvalue weighted by atomic mass is 9.89. The standard InChI is InChI=1S/C16H27N3/c1-19(14-16-8-5-9-17-13-16)11-10-18-12-15-6-3-2-4-7-15/h5,8-9,13,15,18H,2-4,6-7,10-12,14H2,1H3. The summed E-state index contributed by atoms with van der Waals surface area (Å²) in [5.41, 5.74) is 1.29.